The number of nitrogens with one attached hydrogen (secondary N) is 1. The summed E-state index contributed by atoms with van der Waals surface area (Å²) in [6.45, 7) is 1.33. The van der Waals surface area contributed by atoms with Gasteiger partial charge in [-0.15, -0.1) is 0 Å². The van der Waals surface area contributed by atoms with Crippen molar-refractivity contribution in [3.8, 4) is 0 Å². The van der Waals surface area contributed by atoms with Crippen LogP contribution in [0, 0.1) is 0 Å². The molecule has 1 aliphatic carbocycles. The Morgan fingerprint density at radius 2 is 1.85 bits per heavy atom. The van der Waals surface area contributed by atoms with E-state index in [1.807, 2.05) is 18.2 Å². The van der Waals surface area contributed by atoms with E-state index in [0.717, 1.165) is 42.4 Å². The van der Waals surface area contributed by atoms with Crippen LogP contribution in [0.3, 0.4) is 0 Å². The topological polar surface area (TPSA) is 45.4 Å². The third-order valence-corrected chi connectivity index (χ3v) is 4.26. The number of fused-ring (bicyclic) bond motifs is 1. The van der Waals surface area contributed by atoms with Gasteiger partial charge in [-0.3, -0.25) is 0 Å². The molecule has 0 spiro atoms. The molecule has 1 heterocycles. The van der Waals surface area contributed by atoms with E-state index in [0.29, 0.717) is 13.1 Å². The molecule has 2 aromatic rings. The van der Waals surface area contributed by atoms with Gasteiger partial charge < -0.3 is 14.8 Å². The highest BCUT2D eigenvalue weighted by Gasteiger charge is 2.27. The molecular weight excluding hydrogens is 250 g/mol. The zero-order valence-electron chi connectivity index (χ0n) is 11.9. The highest BCUT2D eigenvalue weighted by atomic mass is 16.3. The molecule has 0 unspecified atom stereocenters. The number of rotatable bonds is 4. The SMILES string of the molecule is OC1(CNCc2cc3ccccc3o2)CCCCCC1. The predicted octanol–water partition coefficient (Wildman–Crippen LogP) is 3.61. The van der Waals surface area contributed by atoms with Crippen molar-refractivity contribution in [1.82, 2.24) is 5.32 Å². The third-order valence-electron chi connectivity index (χ3n) is 4.26. The Labute approximate surface area is 120 Å². The average Bonchev–Trinajstić information content (AvgIpc) is 2.73. The Morgan fingerprint density at radius 3 is 2.60 bits per heavy atom. The highest BCUT2D eigenvalue weighted by molar-refractivity contribution is 5.77. The molecule has 3 nitrogen and oxygen atoms in total. The lowest BCUT2D eigenvalue weighted by Gasteiger charge is -2.26. The van der Waals surface area contributed by atoms with E-state index >= 15 is 0 Å². The van der Waals surface area contributed by atoms with Gasteiger partial charge in [-0.1, -0.05) is 43.9 Å². The van der Waals surface area contributed by atoms with Crippen molar-refractivity contribution in [1.29, 1.82) is 0 Å². The van der Waals surface area contributed by atoms with Crippen molar-refractivity contribution in [3.05, 3.63) is 36.1 Å². The normalized spacial score (nSPS) is 19.1. The number of hydrogen-bond acceptors (Lipinski definition) is 3. The maximum Gasteiger partial charge on any atom is 0.134 e. The van der Waals surface area contributed by atoms with Crippen LogP contribution in [0.4, 0.5) is 0 Å². The Kier molecular flexibility index (Phi) is 4.08. The number of furan rings is 1. The first-order valence-corrected chi connectivity index (χ1v) is 7.66. The maximum absolute atomic E-state index is 10.6. The molecule has 20 heavy (non-hydrogen) atoms. The van der Waals surface area contributed by atoms with Crippen molar-refractivity contribution in [2.45, 2.75) is 50.7 Å². The minimum absolute atomic E-state index is 0.525. The molecule has 1 aliphatic rings. The Bertz CT molecular complexity index is 520. The lowest BCUT2D eigenvalue weighted by atomic mass is 9.94. The van der Waals surface area contributed by atoms with Crippen molar-refractivity contribution >= 4 is 11.0 Å². The Hall–Kier alpha value is -1.32. The van der Waals surface area contributed by atoms with Gasteiger partial charge in [-0.05, 0) is 25.0 Å². The van der Waals surface area contributed by atoms with Crippen LogP contribution in [0.2, 0.25) is 0 Å². The number of aliphatic hydroxyl groups is 1. The van der Waals surface area contributed by atoms with Crippen molar-refractivity contribution in [3.63, 3.8) is 0 Å². The van der Waals surface area contributed by atoms with Gasteiger partial charge in [0.2, 0.25) is 0 Å². The predicted molar refractivity (Wildman–Crippen MR) is 80.6 cm³/mol. The minimum Gasteiger partial charge on any atom is -0.460 e. The molecule has 3 rings (SSSR count). The second kappa shape index (κ2) is 5.98. The summed E-state index contributed by atoms with van der Waals surface area (Å²) < 4.78 is 5.77. The molecule has 1 saturated carbocycles. The van der Waals surface area contributed by atoms with E-state index in [4.69, 9.17) is 4.42 Å². The lowest BCUT2D eigenvalue weighted by Crippen LogP contribution is -2.39. The molecule has 0 atom stereocenters. The minimum atomic E-state index is -0.525. The fraction of sp³-hybridized carbons (Fsp3) is 0.529. The van der Waals surface area contributed by atoms with Crippen molar-refractivity contribution in [2.75, 3.05) is 6.54 Å². The summed E-state index contributed by atoms with van der Waals surface area (Å²) >= 11 is 0. The van der Waals surface area contributed by atoms with Crippen LogP contribution >= 0.6 is 0 Å². The van der Waals surface area contributed by atoms with E-state index < -0.39 is 5.60 Å². The summed E-state index contributed by atoms with van der Waals surface area (Å²) in [5.41, 5.74) is 0.403. The van der Waals surface area contributed by atoms with Gasteiger partial charge >= 0.3 is 0 Å². The summed E-state index contributed by atoms with van der Waals surface area (Å²) in [7, 11) is 0. The van der Waals surface area contributed by atoms with Crippen LogP contribution < -0.4 is 5.32 Å². The lowest BCUT2D eigenvalue weighted by molar-refractivity contribution is 0.0247. The maximum atomic E-state index is 10.6. The van der Waals surface area contributed by atoms with Gasteiger partial charge in [0.15, 0.2) is 0 Å². The van der Waals surface area contributed by atoms with Crippen LogP contribution in [0.15, 0.2) is 34.7 Å². The smallest absolute Gasteiger partial charge is 0.134 e. The summed E-state index contributed by atoms with van der Waals surface area (Å²) in [5, 5.41) is 15.1. The molecule has 1 aromatic carbocycles. The fourth-order valence-corrected chi connectivity index (χ4v) is 3.11. The van der Waals surface area contributed by atoms with Gasteiger partial charge in [0, 0.05) is 11.9 Å². The monoisotopic (exact) mass is 273 g/mol. The summed E-state index contributed by atoms with van der Waals surface area (Å²) in [6.07, 6.45) is 6.63. The van der Waals surface area contributed by atoms with Gasteiger partial charge in [-0.25, -0.2) is 0 Å². The molecule has 0 amide bonds. The van der Waals surface area contributed by atoms with E-state index in [-0.39, 0.29) is 0 Å². The molecule has 0 radical (unpaired) electrons. The highest BCUT2D eigenvalue weighted by Crippen LogP contribution is 2.26. The molecule has 108 valence electrons. The third kappa shape index (κ3) is 3.22. The average molecular weight is 273 g/mol. The first-order chi connectivity index (χ1) is 9.75. The number of hydrogen-bond donors (Lipinski definition) is 2. The molecule has 1 aromatic heterocycles. The number of para-hydroxylation sites is 1. The van der Waals surface area contributed by atoms with Crippen LogP contribution in [0.1, 0.15) is 44.3 Å². The van der Waals surface area contributed by atoms with E-state index in [1.54, 1.807) is 0 Å². The first kappa shape index (κ1) is 13.7. The second-order valence-corrected chi connectivity index (χ2v) is 5.99. The standard InChI is InChI=1S/C17H23NO2/c19-17(9-5-1-2-6-10-17)13-18-12-15-11-14-7-3-4-8-16(14)20-15/h3-4,7-8,11,18-19H,1-2,5-6,9-10,12-13H2. The summed E-state index contributed by atoms with van der Waals surface area (Å²) in [6, 6.07) is 10.1. The van der Waals surface area contributed by atoms with E-state index in [1.165, 1.54) is 12.8 Å². The number of benzene rings is 1. The van der Waals surface area contributed by atoms with Gasteiger partial charge in [0.1, 0.15) is 11.3 Å². The molecule has 2 N–H and O–H groups in total. The summed E-state index contributed by atoms with van der Waals surface area (Å²) in [4.78, 5) is 0. The van der Waals surface area contributed by atoms with Crippen molar-refractivity contribution in [2.24, 2.45) is 0 Å². The van der Waals surface area contributed by atoms with Crippen LogP contribution in [0.25, 0.3) is 11.0 Å². The molecule has 0 saturated heterocycles. The molecular formula is C17H23NO2. The molecule has 0 aliphatic heterocycles. The van der Waals surface area contributed by atoms with E-state index in [9.17, 15) is 5.11 Å². The molecule has 3 heteroatoms. The van der Waals surface area contributed by atoms with E-state index in [2.05, 4.69) is 17.4 Å². The van der Waals surface area contributed by atoms with Gasteiger partial charge in [0.25, 0.3) is 0 Å². The zero-order chi connectivity index (χ0) is 13.8. The molecule has 0 bridgehead atoms. The fourth-order valence-electron chi connectivity index (χ4n) is 3.11. The van der Waals surface area contributed by atoms with Crippen LogP contribution in [-0.4, -0.2) is 17.3 Å². The summed E-state index contributed by atoms with van der Waals surface area (Å²) in [5.74, 6) is 0.934. The van der Waals surface area contributed by atoms with Crippen LogP contribution in [-0.2, 0) is 6.54 Å². The van der Waals surface area contributed by atoms with Crippen LogP contribution in [0.5, 0.6) is 0 Å². The quantitative estimate of drug-likeness (QED) is 0.836. The second-order valence-electron chi connectivity index (χ2n) is 5.99. The zero-order valence-corrected chi connectivity index (χ0v) is 11.9. The molecule has 1 fully saturated rings. The Balaban J connectivity index is 1.56. The van der Waals surface area contributed by atoms with Gasteiger partial charge in [0.05, 0.1) is 12.1 Å². The first-order valence-electron chi connectivity index (χ1n) is 7.66. The Morgan fingerprint density at radius 1 is 1.10 bits per heavy atom. The largest absolute Gasteiger partial charge is 0.460 e. The van der Waals surface area contributed by atoms with Crippen molar-refractivity contribution < 1.29 is 9.52 Å². The van der Waals surface area contributed by atoms with Gasteiger partial charge in [-0.2, -0.15) is 0 Å².